The van der Waals surface area contributed by atoms with Gasteiger partial charge in [0.15, 0.2) is 11.7 Å². The summed E-state index contributed by atoms with van der Waals surface area (Å²) in [5.74, 6) is -4.24. The Labute approximate surface area is 148 Å². The lowest BCUT2D eigenvalue weighted by Crippen LogP contribution is -2.57. The molecule has 4 heterocycles. The van der Waals surface area contributed by atoms with Gasteiger partial charge in [-0.2, -0.15) is 0 Å². The van der Waals surface area contributed by atoms with Crippen LogP contribution in [0.2, 0.25) is 0 Å². The first-order valence-corrected chi connectivity index (χ1v) is 8.54. The molecule has 4 fully saturated rings. The van der Waals surface area contributed by atoms with Crippen molar-refractivity contribution in [2.24, 2.45) is 0 Å². The normalized spacial score (nSPS) is 50.9. The maximum absolute atomic E-state index is 12.4. The number of carbonyl (C=O) groups is 3. The van der Waals surface area contributed by atoms with Crippen LogP contribution in [0.3, 0.4) is 0 Å². The molecular weight excluding hydrogens is 348 g/mol. The zero-order valence-electron chi connectivity index (χ0n) is 14.4. The van der Waals surface area contributed by atoms with Crippen molar-refractivity contribution in [1.82, 2.24) is 0 Å². The summed E-state index contributed by atoms with van der Waals surface area (Å²) in [6, 6.07) is 0. The third kappa shape index (κ3) is 1.73. The maximum Gasteiger partial charge on any atom is 0.342 e. The van der Waals surface area contributed by atoms with Gasteiger partial charge in [0, 0.05) is 12.5 Å². The van der Waals surface area contributed by atoms with Gasteiger partial charge < -0.3 is 28.8 Å². The van der Waals surface area contributed by atoms with E-state index in [1.165, 1.54) is 13.8 Å². The number of hydrogen-bond acceptors (Lipinski definition) is 9. The highest BCUT2D eigenvalue weighted by Crippen LogP contribution is 2.60. The van der Waals surface area contributed by atoms with Crippen molar-refractivity contribution in [2.45, 2.75) is 75.0 Å². The van der Waals surface area contributed by atoms with Crippen molar-refractivity contribution in [3.8, 4) is 0 Å². The number of ether oxygens (including phenoxy) is 5. The molecule has 7 atom stereocenters. The summed E-state index contributed by atoms with van der Waals surface area (Å²) >= 11 is 0. The Bertz CT molecular complexity index is 802. The van der Waals surface area contributed by atoms with Crippen LogP contribution in [0.25, 0.3) is 0 Å². The van der Waals surface area contributed by atoms with Crippen molar-refractivity contribution in [3.63, 3.8) is 0 Å². The number of epoxide rings is 2. The zero-order chi connectivity index (χ0) is 18.6. The number of carbonyl (C=O) groups excluding carboxylic acids is 3. The minimum Gasteiger partial charge on any atom is -0.452 e. The molecule has 3 saturated heterocycles. The van der Waals surface area contributed by atoms with Crippen molar-refractivity contribution in [3.05, 3.63) is 11.1 Å². The van der Waals surface area contributed by atoms with E-state index in [4.69, 9.17) is 23.7 Å². The molecule has 0 aromatic heterocycles. The van der Waals surface area contributed by atoms with Gasteiger partial charge in [0.05, 0.1) is 11.7 Å². The minimum absolute atomic E-state index is 0.0591. The molecule has 0 aromatic rings. The van der Waals surface area contributed by atoms with Gasteiger partial charge >= 0.3 is 17.9 Å². The van der Waals surface area contributed by atoms with Gasteiger partial charge in [0.1, 0.15) is 11.7 Å². The van der Waals surface area contributed by atoms with Crippen molar-refractivity contribution in [2.75, 3.05) is 0 Å². The standard InChI is InChI=1S/C17H18O9/c1-6-9-10-11-16(25-11,14(20)23-10)5-4-8-15(3,24-8)13(22-7(2)18)17(9,21)26-12(6)19/h8,10-11,13,21H,4-5H2,1-3H3/t8-,10+,11-,13+,15-,16-,17-/m0/s1. The first kappa shape index (κ1) is 16.2. The molecule has 0 unspecified atom stereocenters. The summed E-state index contributed by atoms with van der Waals surface area (Å²) in [5, 5.41) is 11.4. The summed E-state index contributed by atoms with van der Waals surface area (Å²) in [6.45, 7) is 4.34. The van der Waals surface area contributed by atoms with E-state index in [1.807, 2.05) is 0 Å². The van der Waals surface area contributed by atoms with E-state index in [0.29, 0.717) is 12.8 Å². The predicted octanol–water partition coefficient (Wildman–Crippen LogP) is -0.506. The van der Waals surface area contributed by atoms with Gasteiger partial charge in [-0.1, -0.05) is 0 Å². The van der Waals surface area contributed by atoms with E-state index < -0.39 is 53.2 Å². The van der Waals surface area contributed by atoms with Crippen LogP contribution in [-0.4, -0.2) is 64.4 Å². The topological polar surface area (TPSA) is 124 Å². The lowest BCUT2D eigenvalue weighted by molar-refractivity contribution is -0.240. The number of hydrogen-bond donors (Lipinski definition) is 1. The molecule has 5 rings (SSSR count). The number of fused-ring (bicyclic) bond motifs is 3. The quantitative estimate of drug-likeness (QED) is 0.371. The zero-order valence-corrected chi connectivity index (χ0v) is 14.4. The van der Waals surface area contributed by atoms with E-state index in [2.05, 4.69) is 0 Å². The Morgan fingerprint density at radius 2 is 2.04 bits per heavy atom. The molecule has 9 nitrogen and oxygen atoms in total. The molecule has 0 spiro atoms. The third-order valence-corrected chi connectivity index (χ3v) is 6.14. The van der Waals surface area contributed by atoms with Crippen molar-refractivity contribution < 1.29 is 43.2 Å². The smallest absolute Gasteiger partial charge is 0.342 e. The van der Waals surface area contributed by atoms with Gasteiger partial charge in [0.25, 0.3) is 5.79 Å². The molecule has 1 aliphatic carbocycles. The lowest BCUT2D eigenvalue weighted by Gasteiger charge is -2.36. The highest BCUT2D eigenvalue weighted by Gasteiger charge is 2.79. The summed E-state index contributed by atoms with van der Waals surface area (Å²) < 4.78 is 27.5. The molecule has 0 amide bonds. The first-order valence-electron chi connectivity index (χ1n) is 8.54. The summed E-state index contributed by atoms with van der Waals surface area (Å²) in [5.41, 5.74) is -1.96. The minimum atomic E-state index is -2.29. The van der Waals surface area contributed by atoms with Crippen LogP contribution in [0.15, 0.2) is 11.1 Å². The van der Waals surface area contributed by atoms with Crippen molar-refractivity contribution >= 4 is 17.9 Å². The summed E-state index contributed by atoms with van der Waals surface area (Å²) in [4.78, 5) is 36.3. The van der Waals surface area contributed by atoms with Gasteiger partial charge in [-0.15, -0.1) is 0 Å². The van der Waals surface area contributed by atoms with Crippen LogP contribution in [0.4, 0.5) is 0 Å². The molecule has 0 aromatic carbocycles. The Morgan fingerprint density at radius 1 is 1.31 bits per heavy atom. The van der Waals surface area contributed by atoms with Crippen molar-refractivity contribution in [1.29, 1.82) is 0 Å². The molecule has 4 aliphatic heterocycles. The maximum atomic E-state index is 12.4. The van der Waals surface area contributed by atoms with Gasteiger partial charge in [0.2, 0.25) is 6.10 Å². The fourth-order valence-corrected chi connectivity index (χ4v) is 4.66. The summed E-state index contributed by atoms with van der Waals surface area (Å²) in [6.07, 6.45) is -2.42. The van der Waals surface area contributed by atoms with Gasteiger partial charge in [-0.3, -0.25) is 4.79 Å². The highest BCUT2D eigenvalue weighted by atomic mass is 16.7. The van der Waals surface area contributed by atoms with E-state index in [-0.39, 0.29) is 17.3 Å². The monoisotopic (exact) mass is 366 g/mol. The first-order chi connectivity index (χ1) is 12.1. The second-order valence-electron chi connectivity index (χ2n) is 7.70. The van der Waals surface area contributed by atoms with Crippen LogP contribution in [0.5, 0.6) is 0 Å². The predicted molar refractivity (Wildman–Crippen MR) is 79.3 cm³/mol. The molecule has 5 aliphatic rings. The fourth-order valence-electron chi connectivity index (χ4n) is 4.66. The number of esters is 3. The molecule has 2 bridgehead atoms. The van der Waals surface area contributed by atoms with Crippen LogP contribution >= 0.6 is 0 Å². The molecular formula is C17H18O9. The average molecular weight is 366 g/mol. The molecule has 0 radical (unpaired) electrons. The van der Waals surface area contributed by atoms with E-state index >= 15 is 0 Å². The van der Waals surface area contributed by atoms with Crippen LogP contribution in [0, 0.1) is 0 Å². The van der Waals surface area contributed by atoms with Crippen LogP contribution in [0.1, 0.15) is 33.6 Å². The average Bonchev–Trinajstić information content (AvgIpc) is 3.39. The third-order valence-electron chi connectivity index (χ3n) is 6.14. The highest BCUT2D eigenvalue weighted by molar-refractivity contribution is 5.94. The van der Waals surface area contributed by atoms with E-state index in [1.54, 1.807) is 6.92 Å². The van der Waals surface area contributed by atoms with Gasteiger partial charge in [-0.05, 0) is 26.7 Å². The molecule has 9 heteroatoms. The Morgan fingerprint density at radius 3 is 2.69 bits per heavy atom. The Balaban J connectivity index is 1.68. The Kier molecular flexibility index (Phi) is 2.79. The molecule has 1 N–H and O–H groups in total. The van der Waals surface area contributed by atoms with E-state index in [0.717, 1.165) is 0 Å². The second kappa shape index (κ2) is 4.47. The lowest BCUT2D eigenvalue weighted by atomic mass is 9.81. The molecule has 1 saturated carbocycles. The van der Waals surface area contributed by atoms with Gasteiger partial charge in [-0.25, -0.2) is 9.59 Å². The SMILES string of the molecule is CC(=O)O[C@@H]1[C@@]2(C)O[C@H]2CC[C@]23O[C@H]2[C@H](OC3=O)C2=C(C)C(=O)O[C@@]21O. The number of aliphatic hydroxyl groups is 1. The second-order valence-corrected chi connectivity index (χ2v) is 7.70. The number of rotatable bonds is 1. The summed E-state index contributed by atoms with van der Waals surface area (Å²) in [7, 11) is 0. The molecule has 26 heavy (non-hydrogen) atoms. The largest absolute Gasteiger partial charge is 0.452 e. The Hall–Kier alpha value is -1.97. The van der Waals surface area contributed by atoms with E-state index in [9.17, 15) is 19.5 Å². The van der Waals surface area contributed by atoms with Crippen LogP contribution < -0.4 is 0 Å². The fraction of sp³-hybridized carbons (Fsp3) is 0.706. The molecule has 140 valence electrons. The van der Waals surface area contributed by atoms with Crippen LogP contribution in [-0.2, 0) is 38.1 Å².